The van der Waals surface area contributed by atoms with E-state index in [0.29, 0.717) is 32.7 Å². The van der Waals surface area contributed by atoms with Crippen LogP contribution in [-0.2, 0) is 27.1 Å². The third-order valence-electron chi connectivity index (χ3n) is 5.01. The van der Waals surface area contributed by atoms with Gasteiger partial charge in [-0.15, -0.1) is 0 Å². The average molecular weight is 420 g/mol. The summed E-state index contributed by atoms with van der Waals surface area (Å²) in [4.78, 5) is 16.0. The van der Waals surface area contributed by atoms with E-state index in [-0.39, 0.29) is 24.0 Å². The van der Waals surface area contributed by atoms with Gasteiger partial charge in [0.1, 0.15) is 5.82 Å². The Labute approximate surface area is 171 Å². The maximum Gasteiger partial charge on any atom is 0.236 e. The topological polar surface area (TPSA) is 60.9 Å². The first kappa shape index (κ1) is 21.4. The molecule has 0 saturated carbocycles. The molecule has 0 atom stereocenters. The monoisotopic (exact) mass is 419 g/mol. The van der Waals surface area contributed by atoms with E-state index in [0.717, 1.165) is 11.1 Å². The molecule has 0 spiro atoms. The van der Waals surface area contributed by atoms with Gasteiger partial charge in [0, 0.05) is 39.8 Å². The Balaban J connectivity index is 1.48. The second kappa shape index (κ2) is 9.47. The molecular weight excluding hydrogens is 393 g/mol. The highest BCUT2D eigenvalue weighted by Crippen LogP contribution is 2.14. The van der Waals surface area contributed by atoms with Crippen molar-refractivity contribution in [2.75, 3.05) is 39.8 Å². The quantitative estimate of drug-likeness (QED) is 0.688. The van der Waals surface area contributed by atoms with Crippen molar-refractivity contribution in [2.24, 2.45) is 0 Å². The predicted octanol–water partition coefficient (Wildman–Crippen LogP) is 1.93. The second-order valence-electron chi connectivity index (χ2n) is 7.30. The van der Waals surface area contributed by atoms with Crippen LogP contribution in [0, 0.1) is 5.82 Å². The van der Waals surface area contributed by atoms with Gasteiger partial charge in [-0.2, -0.15) is 4.31 Å². The molecular formula is C21H26FN3O3S. The van der Waals surface area contributed by atoms with Crippen molar-refractivity contribution < 1.29 is 17.6 Å². The number of benzene rings is 2. The molecule has 0 unspecified atom stereocenters. The minimum atomic E-state index is -3.37. The molecule has 1 aliphatic rings. The van der Waals surface area contributed by atoms with Crippen molar-refractivity contribution in [1.82, 2.24) is 14.1 Å². The van der Waals surface area contributed by atoms with Crippen LogP contribution in [0.4, 0.5) is 4.39 Å². The Kier molecular flexibility index (Phi) is 7.00. The molecule has 8 heteroatoms. The normalized spacial score (nSPS) is 15.9. The largest absolute Gasteiger partial charge is 0.340 e. The summed E-state index contributed by atoms with van der Waals surface area (Å²) in [6, 6.07) is 15.3. The van der Waals surface area contributed by atoms with E-state index < -0.39 is 10.0 Å². The molecule has 1 saturated heterocycles. The summed E-state index contributed by atoms with van der Waals surface area (Å²) in [5, 5.41) is 0. The first-order valence-electron chi connectivity index (χ1n) is 9.56. The van der Waals surface area contributed by atoms with Crippen LogP contribution in [0.5, 0.6) is 0 Å². The molecule has 0 aromatic heterocycles. The number of carbonyl (C=O) groups excluding carboxylic acids is 1. The molecule has 0 bridgehead atoms. The van der Waals surface area contributed by atoms with Crippen molar-refractivity contribution in [2.45, 2.75) is 12.3 Å². The van der Waals surface area contributed by atoms with E-state index in [1.54, 1.807) is 36.2 Å². The van der Waals surface area contributed by atoms with Crippen LogP contribution in [0.3, 0.4) is 0 Å². The van der Waals surface area contributed by atoms with Crippen molar-refractivity contribution in [3.8, 4) is 0 Å². The second-order valence-corrected chi connectivity index (χ2v) is 9.27. The fourth-order valence-corrected chi connectivity index (χ4v) is 4.87. The number of hydrogen-bond donors (Lipinski definition) is 0. The molecule has 29 heavy (non-hydrogen) atoms. The van der Waals surface area contributed by atoms with Gasteiger partial charge in [0.25, 0.3) is 0 Å². The van der Waals surface area contributed by atoms with Gasteiger partial charge in [-0.1, -0.05) is 42.5 Å². The molecule has 3 rings (SSSR count). The number of rotatable bonds is 7. The number of amides is 1. The summed E-state index contributed by atoms with van der Waals surface area (Å²) in [6.45, 7) is 2.31. The number of nitrogens with zero attached hydrogens (tertiary/aromatic N) is 3. The first-order valence-corrected chi connectivity index (χ1v) is 11.2. The summed E-state index contributed by atoms with van der Waals surface area (Å²) in [5.74, 6) is -0.408. The molecule has 1 amide bonds. The number of halogens is 1. The van der Waals surface area contributed by atoms with Crippen molar-refractivity contribution in [1.29, 1.82) is 0 Å². The number of hydrogen-bond acceptors (Lipinski definition) is 4. The molecule has 1 heterocycles. The molecule has 0 aliphatic carbocycles. The SMILES string of the molecule is CN(Cc1cccc(F)c1)C(=O)CN1CCN(S(=O)(=O)Cc2ccccc2)CC1. The van der Waals surface area contributed by atoms with Gasteiger partial charge >= 0.3 is 0 Å². The molecule has 2 aromatic carbocycles. The third-order valence-corrected chi connectivity index (χ3v) is 6.86. The van der Waals surface area contributed by atoms with E-state index >= 15 is 0 Å². The molecule has 0 N–H and O–H groups in total. The van der Waals surface area contributed by atoms with E-state index in [4.69, 9.17) is 0 Å². The molecule has 0 radical (unpaired) electrons. The molecule has 6 nitrogen and oxygen atoms in total. The highest BCUT2D eigenvalue weighted by molar-refractivity contribution is 7.88. The summed E-state index contributed by atoms with van der Waals surface area (Å²) >= 11 is 0. The highest BCUT2D eigenvalue weighted by Gasteiger charge is 2.28. The zero-order valence-electron chi connectivity index (χ0n) is 16.5. The van der Waals surface area contributed by atoms with Gasteiger partial charge in [0.2, 0.25) is 15.9 Å². The zero-order chi connectivity index (χ0) is 20.9. The van der Waals surface area contributed by atoms with Crippen LogP contribution in [0.1, 0.15) is 11.1 Å². The zero-order valence-corrected chi connectivity index (χ0v) is 17.3. The highest BCUT2D eigenvalue weighted by atomic mass is 32.2. The van der Waals surface area contributed by atoms with Crippen LogP contribution in [0.2, 0.25) is 0 Å². The van der Waals surface area contributed by atoms with Crippen LogP contribution < -0.4 is 0 Å². The first-order chi connectivity index (χ1) is 13.8. The summed E-state index contributed by atoms with van der Waals surface area (Å²) < 4.78 is 40.0. The number of carbonyl (C=O) groups is 1. The average Bonchev–Trinajstić information content (AvgIpc) is 2.69. The lowest BCUT2D eigenvalue weighted by atomic mass is 10.2. The number of likely N-dealkylation sites (N-methyl/N-ethyl adjacent to an activating group) is 1. The number of piperazine rings is 1. The molecule has 1 aliphatic heterocycles. The summed E-state index contributed by atoms with van der Waals surface area (Å²) in [6.07, 6.45) is 0. The van der Waals surface area contributed by atoms with Crippen molar-refractivity contribution >= 4 is 15.9 Å². The summed E-state index contributed by atoms with van der Waals surface area (Å²) in [7, 11) is -1.69. The minimum Gasteiger partial charge on any atom is -0.340 e. The van der Waals surface area contributed by atoms with Gasteiger partial charge in [-0.25, -0.2) is 12.8 Å². The Morgan fingerprint density at radius 1 is 1.00 bits per heavy atom. The standard InChI is InChI=1S/C21H26FN3O3S/c1-23(15-19-8-5-9-20(22)14-19)21(26)16-24-10-12-25(13-11-24)29(27,28)17-18-6-3-2-4-7-18/h2-9,14H,10-13,15-17H2,1H3. The Bertz CT molecular complexity index is 929. The lowest BCUT2D eigenvalue weighted by molar-refractivity contribution is -0.131. The van der Waals surface area contributed by atoms with Crippen molar-refractivity contribution in [3.05, 3.63) is 71.5 Å². The van der Waals surface area contributed by atoms with Crippen LogP contribution in [0.25, 0.3) is 0 Å². The third kappa shape index (κ3) is 6.09. The maximum absolute atomic E-state index is 13.3. The maximum atomic E-state index is 13.3. The fraction of sp³-hybridized carbons (Fsp3) is 0.381. The fourth-order valence-electron chi connectivity index (χ4n) is 3.35. The van der Waals surface area contributed by atoms with E-state index in [1.165, 1.54) is 16.4 Å². The van der Waals surface area contributed by atoms with Gasteiger partial charge in [-0.3, -0.25) is 9.69 Å². The lowest BCUT2D eigenvalue weighted by Crippen LogP contribution is -2.51. The van der Waals surface area contributed by atoms with Crippen LogP contribution >= 0.6 is 0 Å². The van der Waals surface area contributed by atoms with Gasteiger partial charge in [0.15, 0.2) is 0 Å². The lowest BCUT2D eigenvalue weighted by Gasteiger charge is -2.34. The van der Waals surface area contributed by atoms with E-state index in [2.05, 4.69) is 0 Å². The Morgan fingerprint density at radius 2 is 1.66 bits per heavy atom. The van der Waals surface area contributed by atoms with Crippen LogP contribution in [0.15, 0.2) is 54.6 Å². The van der Waals surface area contributed by atoms with E-state index in [9.17, 15) is 17.6 Å². The minimum absolute atomic E-state index is 0.0108. The Hall–Kier alpha value is -2.29. The van der Waals surface area contributed by atoms with Gasteiger partial charge < -0.3 is 4.90 Å². The van der Waals surface area contributed by atoms with Gasteiger partial charge in [-0.05, 0) is 23.3 Å². The van der Waals surface area contributed by atoms with Crippen molar-refractivity contribution in [3.63, 3.8) is 0 Å². The Morgan fingerprint density at radius 3 is 2.31 bits per heavy atom. The smallest absolute Gasteiger partial charge is 0.236 e. The molecule has 156 valence electrons. The predicted molar refractivity (Wildman–Crippen MR) is 110 cm³/mol. The number of sulfonamides is 1. The summed E-state index contributed by atoms with van der Waals surface area (Å²) in [5.41, 5.74) is 1.50. The molecule has 1 fully saturated rings. The molecule has 2 aromatic rings. The van der Waals surface area contributed by atoms with Gasteiger partial charge in [0.05, 0.1) is 12.3 Å². The van der Waals surface area contributed by atoms with Crippen LogP contribution in [-0.4, -0.2) is 68.2 Å². The van der Waals surface area contributed by atoms with E-state index in [1.807, 2.05) is 23.1 Å².